The van der Waals surface area contributed by atoms with Crippen LogP contribution >= 0.6 is 0 Å². The standard InChI is InChI=1S/C26H44O2/c1-3-5-6-7-8-11-21-27-25-17-19-26(20-18-25)28-22-12-16-24-15-10-9-14-23(24)13-4-2/h17-20,23-24H,3-16,21-22H2,1-2H3. The highest BCUT2D eigenvalue weighted by molar-refractivity contribution is 5.31. The van der Waals surface area contributed by atoms with Gasteiger partial charge in [0.1, 0.15) is 11.5 Å². The molecule has 2 unspecified atom stereocenters. The zero-order chi connectivity index (χ0) is 19.9. The van der Waals surface area contributed by atoms with Crippen molar-refractivity contribution in [3.8, 4) is 11.5 Å². The van der Waals surface area contributed by atoms with Crippen LogP contribution in [0.2, 0.25) is 0 Å². The lowest BCUT2D eigenvalue weighted by atomic mass is 9.75. The Morgan fingerprint density at radius 1 is 0.643 bits per heavy atom. The Morgan fingerprint density at radius 3 is 1.79 bits per heavy atom. The first-order chi connectivity index (χ1) is 13.8. The fraction of sp³-hybridized carbons (Fsp3) is 0.769. The third-order valence-corrected chi connectivity index (χ3v) is 6.30. The molecule has 1 aromatic carbocycles. The number of rotatable bonds is 15. The van der Waals surface area contributed by atoms with E-state index in [4.69, 9.17) is 9.47 Å². The maximum Gasteiger partial charge on any atom is 0.119 e. The van der Waals surface area contributed by atoms with Gasteiger partial charge in [0.25, 0.3) is 0 Å². The normalized spacial score (nSPS) is 19.5. The Hall–Kier alpha value is -1.18. The van der Waals surface area contributed by atoms with Crippen LogP contribution < -0.4 is 9.47 Å². The highest BCUT2D eigenvalue weighted by Crippen LogP contribution is 2.36. The summed E-state index contributed by atoms with van der Waals surface area (Å²) < 4.78 is 11.8. The Labute approximate surface area is 174 Å². The van der Waals surface area contributed by atoms with Crippen LogP contribution in [0.4, 0.5) is 0 Å². The van der Waals surface area contributed by atoms with E-state index < -0.39 is 0 Å². The number of ether oxygens (including phenoxy) is 2. The lowest BCUT2D eigenvalue weighted by Gasteiger charge is -2.31. The molecular weight excluding hydrogens is 344 g/mol. The largest absolute Gasteiger partial charge is 0.494 e. The van der Waals surface area contributed by atoms with Crippen molar-refractivity contribution in [1.82, 2.24) is 0 Å². The van der Waals surface area contributed by atoms with Gasteiger partial charge in [-0.25, -0.2) is 0 Å². The lowest BCUT2D eigenvalue weighted by molar-refractivity contribution is 0.193. The second kappa shape index (κ2) is 14.8. The number of hydrogen-bond acceptors (Lipinski definition) is 2. The minimum Gasteiger partial charge on any atom is -0.494 e. The van der Waals surface area contributed by atoms with Crippen LogP contribution in [0.25, 0.3) is 0 Å². The first kappa shape index (κ1) is 23.1. The molecule has 2 atom stereocenters. The number of unbranched alkanes of at least 4 members (excludes halogenated alkanes) is 5. The molecule has 2 rings (SSSR count). The number of hydrogen-bond donors (Lipinski definition) is 0. The molecular formula is C26H44O2. The Bertz CT molecular complexity index is 480. The van der Waals surface area contributed by atoms with Crippen LogP contribution in [-0.4, -0.2) is 13.2 Å². The van der Waals surface area contributed by atoms with E-state index >= 15 is 0 Å². The van der Waals surface area contributed by atoms with Crippen LogP contribution in [0.5, 0.6) is 11.5 Å². The summed E-state index contributed by atoms with van der Waals surface area (Å²) in [5.41, 5.74) is 0. The van der Waals surface area contributed by atoms with Gasteiger partial charge < -0.3 is 9.47 Å². The van der Waals surface area contributed by atoms with Gasteiger partial charge in [0.2, 0.25) is 0 Å². The minimum absolute atomic E-state index is 0.826. The molecule has 0 radical (unpaired) electrons. The average Bonchev–Trinajstić information content (AvgIpc) is 2.73. The van der Waals surface area contributed by atoms with Crippen molar-refractivity contribution in [1.29, 1.82) is 0 Å². The maximum absolute atomic E-state index is 5.97. The first-order valence-electron chi connectivity index (χ1n) is 12.2. The molecule has 1 aromatic rings. The topological polar surface area (TPSA) is 18.5 Å². The Balaban J connectivity index is 1.55. The average molecular weight is 389 g/mol. The zero-order valence-corrected chi connectivity index (χ0v) is 18.6. The fourth-order valence-electron chi connectivity index (χ4n) is 4.66. The third-order valence-electron chi connectivity index (χ3n) is 6.30. The Morgan fingerprint density at radius 2 is 1.18 bits per heavy atom. The molecule has 0 aliphatic heterocycles. The molecule has 0 aromatic heterocycles. The molecule has 2 heteroatoms. The first-order valence-corrected chi connectivity index (χ1v) is 12.2. The molecule has 1 aliphatic rings. The van der Waals surface area contributed by atoms with Gasteiger partial charge in [0, 0.05) is 0 Å². The second-order valence-electron chi connectivity index (χ2n) is 8.67. The van der Waals surface area contributed by atoms with Gasteiger partial charge in [-0.3, -0.25) is 0 Å². The van der Waals surface area contributed by atoms with Gasteiger partial charge in [-0.2, -0.15) is 0 Å². The van der Waals surface area contributed by atoms with Crippen molar-refractivity contribution in [3.63, 3.8) is 0 Å². The van der Waals surface area contributed by atoms with E-state index in [1.807, 2.05) is 12.1 Å². The molecule has 1 aliphatic carbocycles. The molecule has 28 heavy (non-hydrogen) atoms. The monoisotopic (exact) mass is 388 g/mol. The summed E-state index contributed by atoms with van der Waals surface area (Å²) in [4.78, 5) is 0. The smallest absolute Gasteiger partial charge is 0.119 e. The second-order valence-corrected chi connectivity index (χ2v) is 8.67. The summed E-state index contributed by atoms with van der Waals surface area (Å²) in [5, 5.41) is 0. The lowest BCUT2D eigenvalue weighted by Crippen LogP contribution is -2.20. The van der Waals surface area contributed by atoms with Crippen molar-refractivity contribution in [2.75, 3.05) is 13.2 Å². The summed E-state index contributed by atoms with van der Waals surface area (Å²) in [6.45, 7) is 6.26. The molecule has 0 N–H and O–H groups in total. The SMILES string of the molecule is CCCCCCCCOc1ccc(OCCCC2CCCCC2CCC)cc1. The summed E-state index contributed by atoms with van der Waals surface area (Å²) >= 11 is 0. The molecule has 0 amide bonds. The molecule has 1 fully saturated rings. The van der Waals surface area contributed by atoms with Crippen molar-refractivity contribution >= 4 is 0 Å². The molecule has 0 heterocycles. The molecule has 160 valence electrons. The van der Waals surface area contributed by atoms with Gasteiger partial charge in [-0.1, -0.05) is 84.5 Å². The quantitative estimate of drug-likeness (QED) is 0.282. The van der Waals surface area contributed by atoms with E-state index in [0.717, 1.165) is 43.0 Å². The Kier molecular flexibility index (Phi) is 12.2. The van der Waals surface area contributed by atoms with E-state index in [1.54, 1.807) is 0 Å². The van der Waals surface area contributed by atoms with Crippen LogP contribution in [0.3, 0.4) is 0 Å². The van der Waals surface area contributed by atoms with E-state index in [0.29, 0.717) is 0 Å². The van der Waals surface area contributed by atoms with Crippen LogP contribution in [0.1, 0.15) is 104 Å². The van der Waals surface area contributed by atoms with E-state index in [-0.39, 0.29) is 0 Å². The van der Waals surface area contributed by atoms with E-state index in [9.17, 15) is 0 Å². The summed E-state index contributed by atoms with van der Waals surface area (Å²) in [5.74, 6) is 3.85. The predicted molar refractivity (Wildman–Crippen MR) is 120 cm³/mol. The van der Waals surface area contributed by atoms with E-state index in [2.05, 4.69) is 26.0 Å². The van der Waals surface area contributed by atoms with E-state index in [1.165, 1.54) is 83.5 Å². The van der Waals surface area contributed by atoms with Crippen molar-refractivity contribution in [3.05, 3.63) is 24.3 Å². The number of benzene rings is 1. The van der Waals surface area contributed by atoms with Gasteiger partial charge in [-0.05, 0) is 55.4 Å². The highest BCUT2D eigenvalue weighted by atomic mass is 16.5. The highest BCUT2D eigenvalue weighted by Gasteiger charge is 2.23. The van der Waals surface area contributed by atoms with Gasteiger partial charge in [0.05, 0.1) is 13.2 Å². The summed E-state index contributed by atoms with van der Waals surface area (Å²) in [6, 6.07) is 8.20. The minimum atomic E-state index is 0.826. The van der Waals surface area contributed by atoms with Crippen molar-refractivity contribution in [2.45, 2.75) is 104 Å². The van der Waals surface area contributed by atoms with Crippen molar-refractivity contribution in [2.24, 2.45) is 11.8 Å². The third kappa shape index (κ3) is 9.34. The molecule has 2 nitrogen and oxygen atoms in total. The molecule has 0 bridgehead atoms. The molecule has 0 spiro atoms. The molecule has 1 saturated carbocycles. The van der Waals surface area contributed by atoms with Gasteiger partial charge in [-0.15, -0.1) is 0 Å². The fourth-order valence-corrected chi connectivity index (χ4v) is 4.66. The van der Waals surface area contributed by atoms with Crippen LogP contribution in [0.15, 0.2) is 24.3 Å². The van der Waals surface area contributed by atoms with Crippen molar-refractivity contribution < 1.29 is 9.47 Å². The maximum atomic E-state index is 5.97. The van der Waals surface area contributed by atoms with Crippen LogP contribution in [-0.2, 0) is 0 Å². The van der Waals surface area contributed by atoms with Crippen LogP contribution in [0, 0.1) is 11.8 Å². The van der Waals surface area contributed by atoms with Gasteiger partial charge >= 0.3 is 0 Å². The van der Waals surface area contributed by atoms with Gasteiger partial charge in [0.15, 0.2) is 0 Å². The summed E-state index contributed by atoms with van der Waals surface area (Å²) in [6.07, 6.45) is 18.9. The molecule has 0 saturated heterocycles. The predicted octanol–water partition coefficient (Wildman–Crippen LogP) is 8.19. The zero-order valence-electron chi connectivity index (χ0n) is 18.6. The summed E-state index contributed by atoms with van der Waals surface area (Å²) in [7, 11) is 0.